The standard InChI is InChI=1S/C19H30N2O7S/c1-6-14(4)21(19(23)20-12-18(22)27-7-2)13-15-9-10-16(26-5)17(11-15)28-29(24,25)8-3/h9-11,14H,6-8,12-13H2,1-5H3,(H,20,23)/t14-/m0/s1. The Balaban J connectivity index is 3.04. The van der Waals surface area contributed by atoms with Gasteiger partial charge in [-0.1, -0.05) is 13.0 Å². The van der Waals surface area contributed by atoms with Gasteiger partial charge in [0.25, 0.3) is 0 Å². The number of rotatable bonds is 11. The van der Waals surface area contributed by atoms with Crippen LogP contribution in [0.3, 0.4) is 0 Å². The summed E-state index contributed by atoms with van der Waals surface area (Å²) in [6, 6.07) is 4.29. The highest BCUT2D eigenvalue weighted by atomic mass is 32.2. The van der Waals surface area contributed by atoms with E-state index in [0.29, 0.717) is 12.0 Å². The van der Waals surface area contributed by atoms with Crippen LogP contribution in [0, 0.1) is 0 Å². The molecule has 29 heavy (non-hydrogen) atoms. The van der Waals surface area contributed by atoms with E-state index < -0.39 is 22.1 Å². The fourth-order valence-electron chi connectivity index (χ4n) is 2.39. The van der Waals surface area contributed by atoms with Crippen molar-refractivity contribution in [2.24, 2.45) is 0 Å². The third kappa shape index (κ3) is 7.80. The van der Waals surface area contributed by atoms with Gasteiger partial charge in [-0.05, 0) is 44.9 Å². The van der Waals surface area contributed by atoms with Crippen molar-refractivity contribution >= 4 is 22.1 Å². The Morgan fingerprint density at radius 2 is 1.86 bits per heavy atom. The van der Waals surface area contributed by atoms with Crippen LogP contribution in [0.4, 0.5) is 4.79 Å². The molecule has 0 radical (unpaired) electrons. The zero-order chi connectivity index (χ0) is 22.0. The highest BCUT2D eigenvalue weighted by Gasteiger charge is 2.21. The maximum absolute atomic E-state index is 12.6. The molecule has 1 aromatic rings. The van der Waals surface area contributed by atoms with Gasteiger partial charge in [-0.3, -0.25) is 4.79 Å². The van der Waals surface area contributed by atoms with Crippen LogP contribution in [-0.2, 0) is 26.2 Å². The molecule has 0 unspecified atom stereocenters. The molecule has 0 aliphatic heterocycles. The van der Waals surface area contributed by atoms with Crippen LogP contribution < -0.4 is 14.2 Å². The molecular weight excluding hydrogens is 400 g/mol. The van der Waals surface area contributed by atoms with E-state index in [1.807, 2.05) is 13.8 Å². The summed E-state index contributed by atoms with van der Waals surface area (Å²) in [6.45, 7) is 7.18. The fraction of sp³-hybridized carbons (Fsp3) is 0.579. The number of hydrogen-bond donors (Lipinski definition) is 1. The number of ether oxygens (including phenoxy) is 2. The lowest BCUT2D eigenvalue weighted by Gasteiger charge is -2.29. The third-order valence-corrected chi connectivity index (χ3v) is 5.36. The van der Waals surface area contributed by atoms with Gasteiger partial charge in [0.15, 0.2) is 11.5 Å². The van der Waals surface area contributed by atoms with Gasteiger partial charge in [-0.25, -0.2) is 4.79 Å². The second-order valence-corrected chi connectivity index (χ2v) is 8.12. The number of nitrogens with zero attached hydrogens (tertiary/aromatic N) is 1. The van der Waals surface area contributed by atoms with Crippen molar-refractivity contribution < 1.29 is 31.7 Å². The molecule has 1 aromatic carbocycles. The summed E-state index contributed by atoms with van der Waals surface area (Å²) < 4.78 is 38.8. The molecule has 0 saturated heterocycles. The summed E-state index contributed by atoms with van der Waals surface area (Å²) in [5.74, 6) is -0.374. The molecule has 2 amide bonds. The zero-order valence-corrected chi connectivity index (χ0v) is 18.4. The summed E-state index contributed by atoms with van der Waals surface area (Å²) >= 11 is 0. The molecule has 1 N–H and O–H groups in total. The summed E-state index contributed by atoms with van der Waals surface area (Å²) in [6.07, 6.45) is 0.691. The number of carbonyl (C=O) groups is 2. The number of carbonyl (C=O) groups excluding carboxylic acids is 2. The van der Waals surface area contributed by atoms with Crippen molar-refractivity contribution in [3.05, 3.63) is 23.8 Å². The Bertz CT molecular complexity index is 796. The van der Waals surface area contributed by atoms with Gasteiger partial charge in [0, 0.05) is 12.6 Å². The molecule has 0 aliphatic carbocycles. The minimum absolute atomic E-state index is 0.0582. The number of esters is 1. The van der Waals surface area contributed by atoms with E-state index in [1.165, 1.54) is 20.1 Å². The Morgan fingerprint density at radius 1 is 1.17 bits per heavy atom. The maximum Gasteiger partial charge on any atom is 0.325 e. The van der Waals surface area contributed by atoms with E-state index in [0.717, 1.165) is 0 Å². The molecule has 0 fully saturated rings. The van der Waals surface area contributed by atoms with Crippen molar-refractivity contribution in [2.45, 2.75) is 46.7 Å². The highest BCUT2D eigenvalue weighted by molar-refractivity contribution is 7.87. The lowest BCUT2D eigenvalue weighted by molar-refractivity contribution is -0.141. The number of methoxy groups -OCH3 is 1. The predicted octanol–water partition coefficient (Wildman–Crippen LogP) is 2.30. The number of hydrogen-bond acceptors (Lipinski definition) is 7. The molecular formula is C19H30N2O7S. The van der Waals surface area contributed by atoms with Gasteiger partial charge in [0.05, 0.1) is 19.5 Å². The first-order valence-electron chi connectivity index (χ1n) is 9.46. The van der Waals surface area contributed by atoms with E-state index in [2.05, 4.69) is 5.32 Å². The first-order valence-corrected chi connectivity index (χ1v) is 11.0. The monoisotopic (exact) mass is 430 g/mol. The average Bonchev–Trinajstić information content (AvgIpc) is 2.69. The number of amides is 2. The van der Waals surface area contributed by atoms with Gasteiger partial charge in [0.1, 0.15) is 6.54 Å². The lowest BCUT2D eigenvalue weighted by atomic mass is 10.1. The van der Waals surface area contributed by atoms with Crippen LogP contribution in [0.25, 0.3) is 0 Å². The van der Waals surface area contributed by atoms with Gasteiger partial charge in [0.2, 0.25) is 0 Å². The van der Waals surface area contributed by atoms with Crippen molar-refractivity contribution in [1.29, 1.82) is 0 Å². The van der Waals surface area contributed by atoms with Gasteiger partial charge in [-0.2, -0.15) is 8.42 Å². The summed E-state index contributed by atoms with van der Waals surface area (Å²) in [7, 11) is -2.32. The lowest BCUT2D eigenvalue weighted by Crippen LogP contribution is -2.46. The van der Waals surface area contributed by atoms with Gasteiger partial charge < -0.3 is 23.9 Å². The van der Waals surface area contributed by atoms with Crippen molar-refractivity contribution in [3.63, 3.8) is 0 Å². The van der Waals surface area contributed by atoms with E-state index >= 15 is 0 Å². The minimum atomic E-state index is -3.74. The third-order valence-electron chi connectivity index (χ3n) is 4.22. The quantitative estimate of drug-likeness (QED) is 0.423. The first-order chi connectivity index (χ1) is 13.7. The van der Waals surface area contributed by atoms with Crippen LogP contribution in [-0.4, -0.2) is 57.4 Å². The average molecular weight is 431 g/mol. The van der Waals surface area contributed by atoms with E-state index in [4.69, 9.17) is 13.7 Å². The van der Waals surface area contributed by atoms with Crippen molar-refractivity contribution in [2.75, 3.05) is 26.0 Å². The molecule has 164 valence electrons. The molecule has 0 aromatic heterocycles. The van der Waals surface area contributed by atoms with E-state index in [1.54, 1.807) is 24.0 Å². The van der Waals surface area contributed by atoms with E-state index in [9.17, 15) is 18.0 Å². The Kier molecular flexibility index (Phi) is 9.73. The SMILES string of the molecule is CCOC(=O)CNC(=O)N(Cc1ccc(OC)c(OS(=O)(=O)CC)c1)[C@@H](C)CC. The highest BCUT2D eigenvalue weighted by Crippen LogP contribution is 2.30. The van der Waals surface area contributed by atoms with Crippen LogP contribution >= 0.6 is 0 Å². The molecule has 0 saturated carbocycles. The van der Waals surface area contributed by atoms with Crippen molar-refractivity contribution in [3.8, 4) is 11.5 Å². The van der Waals surface area contributed by atoms with Gasteiger partial charge in [-0.15, -0.1) is 0 Å². The molecule has 1 atom stereocenters. The Morgan fingerprint density at radius 3 is 2.41 bits per heavy atom. The van der Waals surface area contributed by atoms with Crippen LogP contribution in [0.1, 0.15) is 39.7 Å². The maximum atomic E-state index is 12.6. The smallest absolute Gasteiger partial charge is 0.325 e. The number of nitrogens with one attached hydrogen (secondary N) is 1. The molecule has 1 rings (SSSR count). The molecule has 9 nitrogen and oxygen atoms in total. The predicted molar refractivity (Wildman–Crippen MR) is 108 cm³/mol. The number of urea groups is 1. The Hall–Kier alpha value is -2.49. The Labute approximate surface area is 172 Å². The molecule has 10 heteroatoms. The molecule has 0 spiro atoms. The minimum Gasteiger partial charge on any atom is -0.493 e. The topological polar surface area (TPSA) is 111 Å². The molecule has 0 heterocycles. The molecule has 0 aliphatic rings. The number of benzene rings is 1. The second kappa shape index (κ2) is 11.5. The fourth-order valence-corrected chi connectivity index (χ4v) is 2.91. The normalized spacial score (nSPS) is 12.0. The summed E-state index contributed by atoms with van der Waals surface area (Å²) in [4.78, 5) is 25.7. The van der Waals surface area contributed by atoms with E-state index in [-0.39, 0.29) is 43.0 Å². The zero-order valence-electron chi connectivity index (χ0n) is 17.6. The second-order valence-electron chi connectivity index (χ2n) is 6.26. The van der Waals surface area contributed by atoms with Crippen LogP contribution in [0.15, 0.2) is 18.2 Å². The van der Waals surface area contributed by atoms with Gasteiger partial charge >= 0.3 is 22.1 Å². The van der Waals surface area contributed by atoms with Crippen LogP contribution in [0.5, 0.6) is 11.5 Å². The largest absolute Gasteiger partial charge is 0.493 e. The first kappa shape index (κ1) is 24.5. The summed E-state index contributed by atoms with van der Waals surface area (Å²) in [5, 5.41) is 2.55. The molecule has 0 bridgehead atoms. The van der Waals surface area contributed by atoms with Crippen LogP contribution in [0.2, 0.25) is 0 Å². The summed E-state index contributed by atoms with van der Waals surface area (Å²) in [5.41, 5.74) is 0.652. The van der Waals surface area contributed by atoms with Crippen molar-refractivity contribution in [1.82, 2.24) is 10.2 Å².